The van der Waals surface area contributed by atoms with Crippen LogP contribution in [-0.2, 0) is 14.9 Å². The zero-order valence-corrected chi connectivity index (χ0v) is 12.5. The summed E-state index contributed by atoms with van der Waals surface area (Å²) in [5.41, 5.74) is 3.96. The Balaban J connectivity index is -0.000000845. The molecule has 0 heterocycles. The van der Waals surface area contributed by atoms with Gasteiger partial charge in [0.15, 0.2) is 0 Å². The molecule has 1 amide bonds. The fourth-order valence-electron chi connectivity index (χ4n) is 1.25. The topological polar surface area (TPSA) is 97.5 Å². The number of rotatable bonds is 2. The molecule has 0 fully saturated rings. The number of carbonyl (C=O) groups excluding carboxylic acids is 1. The van der Waals surface area contributed by atoms with Crippen molar-refractivity contribution in [3.8, 4) is 0 Å². The molecule has 0 aliphatic carbocycles. The van der Waals surface area contributed by atoms with E-state index in [9.17, 15) is 13.2 Å². The van der Waals surface area contributed by atoms with E-state index in [0.29, 0.717) is 0 Å². The van der Waals surface area contributed by atoms with Crippen molar-refractivity contribution in [2.45, 2.75) is 27.7 Å². The van der Waals surface area contributed by atoms with Gasteiger partial charge < -0.3 is 7.16 Å². The van der Waals surface area contributed by atoms with Crippen molar-refractivity contribution < 1.29 is 48.7 Å². The first-order chi connectivity index (χ1) is 5.98. The predicted octanol–water partition coefficient (Wildman–Crippen LogP) is -2.20. The van der Waals surface area contributed by atoms with Gasteiger partial charge in [-0.1, -0.05) is 20.8 Å². The van der Waals surface area contributed by atoms with Gasteiger partial charge in [-0.2, -0.15) is 8.42 Å². The normalized spacial score (nSPS) is 13.9. The van der Waals surface area contributed by atoms with Crippen molar-refractivity contribution in [2.24, 2.45) is 11.1 Å². The molecule has 0 spiro atoms. The Morgan fingerprint density at radius 2 is 1.67 bits per heavy atom. The molecule has 84 valence electrons. The van der Waals surface area contributed by atoms with Crippen LogP contribution in [0.2, 0.25) is 0 Å². The van der Waals surface area contributed by atoms with Crippen molar-refractivity contribution >= 4 is 16.0 Å². The van der Waals surface area contributed by atoms with Crippen LogP contribution in [-0.4, -0.2) is 18.9 Å². The number of hydrogen-bond acceptors (Lipinski definition) is 3. The van der Waals surface area contributed by atoms with E-state index in [-0.39, 0.29) is 41.5 Å². The monoisotopic (exact) mass is 245 g/mol. The SMILES string of the molecule is C/C(C(N)=O)=C(/C(C)(C)C)S(=O)(=O)O.[H-].[Na+]. The number of allylic oxidation sites excluding steroid dienone is 1. The number of nitrogens with two attached hydrogens (primary N) is 1. The van der Waals surface area contributed by atoms with E-state index in [0.717, 1.165) is 0 Å². The molecule has 0 saturated heterocycles. The maximum absolute atomic E-state index is 11.0. The summed E-state index contributed by atoms with van der Waals surface area (Å²) in [5.74, 6) is -0.854. The molecule has 0 radical (unpaired) electrons. The molecule has 0 aliphatic heterocycles. The third-order valence-corrected chi connectivity index (χ3v) is 3.08. The molecule has 0 bridgehead atoms. The second kappa shape index (κ2) is 5.45. The molecule has 15 heavy (non-hydrogen) atoms. The Morgan fingerprint density at radius 3 is 1.73 bits per heavy atom. The molecule has 3 N–H and O–H groups in total. The molecule has 0 saturated carbocycles. The largest absolute Gasteiger partial charge is 1.00 e. The minimum atomic E-state index is -4.39. The Hall–Kier alpha value is 0.120. The van der Waals surface area contributed by atoms with Crippen LogP contribution in [0, 0.1) is 5.41 Å². The Morgan fingerprint density at radius 1 is 1.33 bits per heavy atom. The Labute approximate surface area is 114 Å². The molecule has 0 unspecified atom stereocenters. The molecule has 0 atom stereocenters. The molecular weight excluding hydrogens is 229 g/mol. The minimum absolute atomic E-state index is 0. The second-order valence-electron chi connectivity index (χ2n) is 4.04. The van der Waals surface area contributed by atoms with Gasteiger partial charge >= 0.3 is 29.6 Å². The predicted molar refractivity (Wildman–Crippen MR) is 54.0 cm³/mol. The average molecular weight is 245 g/mol. The van der Waals surface area contributed by atoms with Crippen LogP contribution in [0.4, 0.5) is 0 Å². The average Bonchev–Trinajstić information content (AvgIpc) is 1.79. The Bertz CT molecular complexity index is 383. The maximum atomic E-state index is 11.0. The zero-order valence-electron chi connectivity index (χ0n) is 10.7. The summed E-state index contributed by atoms with van der Waals surface area (Å²) in [6, 6.07) is 0. The van der Waals surface area contributed by atoms with Gasteiger partial charge in [0.05, 0.1) is 4.91 Å². The van der Waals surface area contributed by atoms with E-state index in [1.807, 2.05) is 0 Å². The van der Waals surface area contributed by atoms with Gasteiger partial charge in [0.1, 0.15) is 0 Å². The van der Waals surface area contributed by atoms with E-state index in [1.54, 1.807) is 20.8 Å². The van der Waals surface area contributed by atoms with Gasteiger partial charge in [0.2, 0.25) is 5.91 Å². The van der Waals surface area contributed by atoms with Gasteiger partial charge in [0, 0.05) is 11.0 Å². The van der Waals surface area contributed by atoms with Crippen LogP contribution < -0.4 is 35.3 Å². The summed E-state index contributed by atoms with van der Waals surface area (Å²) in [6.45, 7) is 5.99. The number of primary amides is 1. The van der Waals surface area contributed by atoms with Gasteiger partial charge in [-0.25, -0.2) is 0 Å². The summed E-state index contributed by atoms with van der Waals surface area (Å²) >= 11 is 0. The van der Waals surface area contributed by atoms with Crippen LogP contribution >= 0.6 is 0 Å². The maximum Gasteiger partial charge on any atom is 1.00 e. The number of hydrogen-bond donors (Lipinski definition) is 2. The summed E-state index contributed by atoms with van der Waals surface area (Å²) in [6.07, 6.45) is 0. The van der Waals surface area contributed by atoms with Crippen LogP contribution in [0.1, 0.15) is 29.1 Å². The number of amides is 1. The summed E-state index contributed by atoms with van der Waals surface area (Å²) in [5, 5.41) is 0. The van der Waals surface area contributed by atoms with Crippen molar-refractivity contribution in [3.63, 3.8) is 0 Å². The van der Waals surface area contributed by atoms with E-state index in [1.165, 1.54) is 6.92 Å². The molecule has 0 aliphatic rings. The molecular formula is C8H16NNaO4S. The Kier molecular flexibility index (Phi) is 6.36. The van der Waals surface area contributed by atoms with E-state index >= 15 is 0 Å². The standard InChI is InChI=1S/C8H15NO4S.Na.H/c1-5(7(9)10)6(8(2,3)4)14(11,12)13;;/h1-4H3,(H2,9,10)(H,11,12,13);;/q;+1;-1/b6-5+;;. The van der Waals surface area contributed by atoms with Gasteiger partial charge in [-0.3, -0.25) is 9.35 Å². The minimum Gasteiger partial charge on any atom is -1.00 e. The van der Waals surface area contributed by atoms with Gasteiger partial charge in [0.25, 0.3) is 10.1 Å². The molecule has 5 nitrogen and oxygen atoms in total. The smallest absolute Gasteiger partial charge is 1.00 e. The van der Waals surface area contributed by atoms with Gasteiger partial charge in [-0.05, 0) is 6.92 Å². The quantitative estimate of drug-likeness (QED) is 0.327. The van der Waals surface area contributed by atoms with Crippen molar-refractivity contribution in [3.05, 3.63) is 10.5 Å². The van der Waals surface area contributed by atoms with Crippen LogP contribution in [0.25, 0.3) is 0 Å². The molecule has 0 rings (SSSR count). The number of carbonyl (C=O) groups is 1. The van der Waals surface area contributed by atoms with Crippen LogP contribution in [0.3, 0.4) is 0 Å². The van der Waals surface area contributed by atoms with E-state index in [2.05, 4.69) is 0 Å². The molecule has 0 aromatic carbocycles. The van der Waals surface area contributed by atoms with Crippen LogP contribution in [0.15, 0.2) is 10.5 Å². The summed E-state index contributed by atoms with van der Waals surface area (Å²) < 4.78 is 31.0. The fourth-order valence-corrected chi connectivity index (χ4v) is 2.52. The first-order valence-corrected chi connectivity index (χ1v) is 5.40. The first-order valence-electron chi connectivity index (χ1n) is 3.96. The fraction of sp³-hybridized carbons (Fsp3) is 0.625. The third-order valence-electron chi connectivity index (χ3n) is 1.65. The summed E-state index contributed by atoms with van der Waals surface area (Å²) in [7, 11) is -4.39. The third kappa shape index (κ3) is 5.12. The van der Waals surface area contributed by atoms with E-state index in [4.69, 9.17) is 10.3 Å². The van der Waals surface area contributed by atoms with Crippen molar-refractivity contribution in [2.75, 3.05) is 0 Å². The summed E-state index contributed by atoms with van der Waals surface area (Å²) in [4.78, 5) is 10.5. The second-order valence-corrected chi connectivity index (χ2v) is 5.40. The van der Waals surface area contributed by atoms with Gasteiger partial charge in [-0.15, -0.1) is 0 Å². The first kappa shape index (κ1) is 17.5. The van der Waals surface area contributed by atoms with Crippen molar-refractivity contribution in [1.82, 2.24) is 0 Å². The zero-order chi connectivity index (χ0) is 11.7. The van der Waals surface area contributed by atoms with Crippen molar-refractivity contribution in [1.29, 1.82) is 0 Å². The molecule has 0 aromatic rings. The molecule has 7 heteroatoms. The molecule has 0 aromatic heterocycles. The van der Waals surface area contributed by atoms with Crippen LogP contribution in [0.5, 0.6) is 0 Å². The van der Waals surface area contributed by atoms with E-state index < -0.39 is 21.4 Å².